The van der Waals surface area contributed by atoms with Crippen molar-refractivity contribution in [3.63, 3.8) is 0 Å². The van der Waals surface area contributed by atoms with Crippen molar-refractivity contribution >= 4 is 16.1 Å². The summed E-state index contributed by atoms with van der Waals surface area (Å²) in [5, 5.41) is 2.59. The summed E-state index contributed by atoms with van der Waals surface area (Å²) in [7, 11) is -3.71. The summed E-state index contributed by atoms with van der Waals surface area (Å²) in [4.78, 5) is 10.7. The van der Waals surface area contributed by atoms with Gasteiger partial charge in [-0.2, -0.15) is 5.10 Å². The van der Waals surface area contributed by atoms with Gasteiger partial charge in [0.1, 0.15) is 6.54 Å². The van der Waals surface area contributed by atoms with Crippen LogP contribution in [0.15, 0.2) is 11.2 Å². The van der Waals surface area contributed by atoms with Crippen molar-refractivity contribution in [2.75, 3.05) is 0 Å². The number of aldehydes is 1. The molecule has 1 aromatic rings. The Bertz CT molecular complexity index is 534. The lowest BCUT2D eigenvalue weighted by Crippen LogP contribution is -2.18. The molecule has 0 bridgehead atoms. The largest absolute Gasteiger partial charge is 0.298 e. The third-order valence-corrected chi connectivity index (χ3v) is 4.82. The molecular weight excluding hydrogens is 254 g/mol. The highest BCUT2D eigenvalue weighted by Crippen LogP contribution is 2.34. The highest BCUT2D eigenvalue weighted by atomic mass is 32.2. The number of sulfone groups is 1. The number of carbonyl (C=O) groups is 1. The van der Waals surface area contributed by atoms with E-state index in [2.05, 4.69) is 5.10 Å². The summed E-state index contributed by atoms with van der Waals surface area (Å²) in [6.45, 7) is -0.824. The Kier molecular flexibility index (Phi) is 2.98. The van der Waals surface area contributed by atoms with Gasteiger partial charge in [0.25, 0.3) is 6.43 Å². The van der Waals surface area contributed by atoms with E-state index in [0.717, 1.165) is 6.20 Å². The van der Waals surface area contributed by atoms with E-state index in [9.17, 15) is 22.0 Å². The van der Waals surface area contributed by atoms with Crippen LogP contribution in [-0.2, 0) is 16.4 Å². The van der Waals surface area contributed by atoms with Crippen LogP contribution in [0.3, 0.4) is 0 Å². The lowest BCUT2D eigenvalue weighted by atomic mass is 10.4. The van der Waals surface area contributed by atoms with Crippen molar-refractivity contribution in [2.45, 2.75) is 36.1 Å². The van der Waals surface area contributed by atoms with E-state index in [4.69, 9.17) is 0 Å². The zero-order valence-electron chi connectivity index (χ0n) is 8.71. The van der Waals surface area contributed by atoms with Crippen LogP contribution >= 0.6 is 0 Å². The molecule has 0 aliphatic heterocycles. The van der Waals surface area contributed by atoms with Gasteiger partial charge in [-0.05, 0) is 12.8 Å². The first-order valence-corrected chi connectivity index (χ1v) is 6.54. The molecule has 2 rings (SSSR count). The molecule has 1 aliphatic rings. The van der Waals surface area contributed by atoms with Gasteiger partial charge in [-0.3, -0.25) is 4.79 Å². The maximum Gasteiger partial charge on any atom is 0.257 e. The molecule has 94 valence electrons. The Morgan fingerprint density at radius 1 is 1.53 bits per heavy atom. The number of hydrogen-bond acceptors (Lipinski definition) is 4. The average Bonchev–Trinajstić information content (AvgIpc) is 3.00. The van der Waals surface area contributed by atoms with Crippen molar-refractivity contribution in [3.05, 3.63) is 11.8 Å². The number of carbonyl (C=O) groups excluding carboxylic acids is 1. The monoisotopic (exact) mass is 264 g/mol. The van der Waals surface area contributed by atoms with Gasteiger partial charge in [-0.25, -0.2) is 21.9 Å². The Hall–Kier alpha value is -1.31. The molecule has 0 atom stereocenters. The van der Waals surface area contributed by atoms with Crippen LogP contribution in [0.5, 0.6) is 0 Å². The first-order valence-electron chi connectivity index (χ1n) is 5.00. The van der Waals surface area contributed by atoms with Crippen LogP contribution < -0.4 is 0 Å². The lowest BCUT2D eigenvalue weighted by molar-refractivity contribution is 0.110. The Morgan fingerprint density at radius 3 is 2.65 bits per heavy atom. The standard InChI is InChI=1S/C9H10F2N2O3S/c10-8(11)4-13-9(6(5-14)3-12-13)17(15,16)7-1-2-7/h3,5,7-8H,1-2,4H2. The Morgan fingerprint density at radius 2 is 2.18 bits per heavy atom. The van der Waals surface area contributed by atoms with Crippen molar-refractivity contribution in [3.8, 4) is 0 Å². The summed E-state index contributed by atoms with van der Waals surface area (Å²) in [6, 6.07) is 0. The van der Waals surface area contributed by atoms with Crippen LogP contribution in [0, 0.1) is 0 Å². The molecule has 0 saturated heterocycles. The van der Waals surface area contributed by atoms with Gasteiger partial charge in [-0.15, -0.1) is 0 Å². The van der Waals surface area contributed by atoms with Gasteiger partial charge in [0.05, 0.1) is 17.0 Å². The summed E-state index contributed by atoms with van der Waals surface area (Å²) in [6.07, 6.45) is -0.391. The van der Waals surface area contributed by atoms with Gasteiger partial charge in [0, 0.05) is 0 Å². The first-order chi connectivity index (χ1) is 7.96. The molecule has 1 fully saturated rings. The molecule has 1 aromatic heterocycles. The number of aromatic nitrogens is 2. The van der Waals surface area contributed by atoms with Crippen molar-refractivity contribution in [1.82, 2.24) is 9.78 Å². The maximum absolute atomic E-state index is 12.3. The van der Waals surface area contributed by atoms with Crippen LogP contribution in [0.2, 0.25) is 0 Å². The molecule has 0 spiro atoms. The number of nitrogens with zero attached hydrogens (tertiary/aromatic N) is 2. The summed E-state index contributed by atoms with van der Waals surface area (Å²) < 4.78 is 49.2. The molecule has 0 radical (unpaired) electrons. The van der Waals surface area contributed by atoms with E-state index in [0.29, 0.717) is 23.8 Å². The Balaban J connectivity index is 2.49. The minimum Gasteiger partial charge on any atom is -0.298 e. The molecule has 1 heterocycles. The molecular formula is C9H10F2N2O3S. The quantitative estimate of drug-likeness (QED) is 0.741. The normalized spacial score (nSPS) is 16.4. The van der Waals surface area contributed by atoms with Crippen molar-refractivity contribution in [2.24, 2.45) is 0 Å². The molecule has 17 heavy (non-hydrogen) atoms. The molecule has 0 unspecified atom stereocenters. The van der Waals surface area contributed by atoms with E-state index in [-0.39, 0.29) is 10.6 Å². The number of rotatable bonds is 5. The Labute approximate surface area is 96.3 Å². The van der Waals surface area contributed by atoms with Gasteiger partial charge in [-0.1, -0.05) is 0 Å². The zero-order chi connectivity index (χ0) is 12.6. The SMILES string of the molecule is O=Cc1cnn(CC(F)F)c1S(=O)(=O)C1CC1. The fourth-order valence-corrected chi connectivity index (χ4v) is 3.49. The fourth-order valence-electron chi connectivity index (χ4n) is 1.58. The number of halogens is 2. The fraction of sp³-hybridized carbons (Fsp3) is 0.556. The second-order valence-corrected chi connectivity index (χ2v) is 5.98. The molecule has 0 N–H and O–H groups in total. The van der Waals surface area contributed by atoms with Crippen molar-refractivity contribution in [1.29, 1.82) is 0 Å². The predicted molar refractivity (Wildman–Crippen MR) is 53.8 cm³/mol. The molecule has 5 nitrogen and oxygen atoms in total. The van der Waals surface area contributed by atoms with E-state index < -0.39 is 28.1 Å². The highest BCUT2D eigenvalue weighted by molar-refractivity contribution is 7.92. The van der Waals surface area contributed by atoms with E-state index >= 15 is 0 Å². The van der Waals surface area contributed by atoms with Gasteiger partial charge in [0.2, 0.25) is 0 Å². The lowest BCUT2D eigenvalue weighted by Gasteiger charge is -2.07. The second-order valence-electron chi connectivity index (χ2n) is 3.84. The smallest absolute Gasteiger partial charge is 0.257 e. The van der Waals surface area contributed by atoms with Crippen LogP contribution in [-0.4, -0.2) is 36.2 Å². The van der Waals surface area contributed by atoms with Gasteiger partial charge >= 0.3 is 0 Å². The van der Waals surface area contributed by atoms with Gasteiger partial charge in [0.15, 0.2) is 21.1 Å². The van der Waals surface area contributed by atoms with E-state index in [1.165, 1.54) is 0 Å². The molecule has 0 amide bonds. The molecule has 0 aromatic carbocycles. The summed E-state index contributed by atoms with van der Waals surface area (Å²) in [5.74, 6) is 0. The van der Waals surface area contributed by atoms with E-state index in [1.807, 2.05) is 0 Å². The third kappa shape index (κ3) is 2.21. The highest BCUT2D eigenvalue weighted by Gasteiger charge is 2.40. The van der Waals surface area contributed by atoms with Gasteiger partial charge < -0.3 is 0 Å². The number of alkyl halides is 2. The molecule has 1 saturated carbocycles. The minimum absolute atomic E-state index is 0.155. The minimum atomic E-state index is -3.71. The third-order valence-electron chi connectivity index (χ3n) is 2.49. The maximum atomic E-state index is 12.3. The van der Waals surface area contributed by atoms with Crippen LogP contribution in [0.4, 0.5) is 8.78 Å². The topological polar surface area (TPSA) is 69.0 Å². The molecule has 8 heteroatoms. The van der Waals surface area contributed by atoms with Crippen LogP contribution in [0.1, 0.15) is 23.2 Å². The van der Waals surface area contributed by atoms with Crippen LogP contribution in [0.25, 0.3) is 0 Å². The van der Waals surface area contributed by atoms with Crippen molar-refractivity contribution < 1.29 is 22.0 Å². The molecule has 1 aliphatic carbocycles. The zero-order valence-corrected chi connectivity index (χ0v) is 9.53. The summed E-state index contributed by atoms with van der Waals surface area (Å²) >= 11 is 0. The average molecular weight is 264 g/mol. The summed E-state index contributed by atoms with van der Waals surface area (Å²) in [5.41, 5.74) is -0.155. The second kappa shape index (κ2) is 4.17. The predicted octanol–water partition coefficient (Wildman–Crippen LogP) is 0.897. The number of hydrogen-bond donors (Lipinski definition) is 0. The first kappa shape index (κ1) is 12.2. The van der Waals surface area contributed by atoms with E-state index in [1.54, 1.807) is 0 Å².